The summed E-state index contributed by atoms with van der Waals surface area (Å²) in [6.07, 6.45) is 1.37. The second kappa shape index (κ2) is 4.65. The van der Waals surface area contributed by atoms with E-state index in [-0.39, 0.29) is 12.3 Å². The van der Waals surface area contributed by atoms with Crippen molar-refractivity contribution in [1.29, 1.82) is 0 Å². The number of phenols is 1. The minimum absolute atomic E-state index is 0.00856. The Labute approximate surface area is 85.8 Å². The fourth-order valence-electron chi connectivity index (χ4n) is 1.02. The van der Waals surface area contributed by atoms with Gasteiger partial charge in [-0.3, -0.25) is 0 Å². The van der Waals surface area contributed by atoms with E-state index in [4.69, 9.17) is 16.3 Å². The van der Waals surface area contributed by atoms with Crippen molar-refractivity contribution in [3.8, 4) is 11.5 Å². The van der Waals surface area contributed by atoms with Crippen LogP contribution in [-0.2, 0) is 11.3 Å². The zero-order valence-electron chi connectivity index (χ0n) is 7.45. The van der Waals surface area contributed by atoms with E-state index in [0.29, 0.717) is 16.3 Å². The summed E-state index contributed by atoms with van der Waals surface area (Å²) in [7, 11) is 1.43. The van der Waals surface area contributed by atoms with Crippen LogP contribution >= 0.6 is 11.6 Å². The first-order valence-electron chi connectivity index (χ1n) is 3.78. The van der Waals surface area contributed by atoms with Gasteiger partial charge in [0.05, 0.1) is 13.7 Å². The van der Waals surface area contributed by atoms with Crippen LogP contribution in [0.2, 0.25) is 5.02 Å². The van der Waals surface area contributed by atoms with Gasteiger partial charge in [-0.1, -0.05) is 11.6 Å². The van der Waals surface area contributed by atoms with E-state index in [2.05, 4.69) is 4.99 Å². The molecule has 1 N–H and O–H groups in total. The molecule has 0 radical (unpaired) electrons. The van der Waals surface area contributed by atoms with Crippen LogP contribution in [-0.4, -0.2) is 18.3 Å². The van der Waals surface area contributed by atoms with Crippen LogP contribution in [0.5, 0.6) is 11.5 Å². The average molecular weight is 214 g/mol. The first-order chi connectivity index (χ1) is 6.70. The highest BCUT2D eigenvalue weighted by molar-refractivity contribution is 6.31. The number of halogens is 1. The third-order valence-electron chi connectivity index (χ3n) is 1.71. The Bertz CT molecular complexity index is 386. The monoisotopic (exact) mass is 213 g/mol. The standard InChI is InChI=1S/C9H8ClNO3/c1-14-8-3-2-7(10)6(9(8)13)4-11-5-12/h2-3,13H,4H2,1H3. The lowest BCUT2D eigenvalue weighted by molar-refractivity contribution is 0.371. The molecule has 5 heteroatoms. The van der Waals surface area contributed by atoms with E-state index in [1.807, 2.05) is 0 Å². The van der Waals surface area contributed by atoms with Crippen molar-refractivity contribution in [2.75, 3.05) is 7.11 Å². The van der Waals surface area contributed by atoms with E-state index in [1.165, 1.54) is 19.3 Å². The summed E-state index contributed by atoms with van der Waals surface area (Å²) in [4.78, 5) is 13.2. The molecule has 0 amide bonds. The summed E-state index contributed by atoms with van der Waals surface area (Å²) in [5, 5.41) is 9.93. The fraction of sp³-hybridized carbons (Fsp3) is 0.222. The number of rotatable bonds is 3. The van der Waals surface area contributed by atoms with Crippen LogP contribution in [0.25, 0.3) is 0 Å². The number of isocyanates is 1. The van der Waals surface area contributed by atoms with Gasteiger partial charge in [0.25, 0.3) is 0 Å². The largest absolute Gasteiger partial charge is 0.504 e. The topological polar surface area (TPSA) is 58.9 Å². The molecule has 1 aromatic rings. The first kappa shape index (κ1) is 10.6. The highest BCUT2D eigenvalue weighted by Crippen LogP contribution is 2.35. The Morgan fingerprint density at radius 3 is 2.93 bits per heavy atom. The Morgan fingerprint density at radius 2 is 2.36 bits per heavy atom. The van der Waals surface area contributed by atoms with Gasteiger partial charge >= 0.3 is 0 Å². The summed E-state index contributed by atoms with van der Waals surface area (Å²) in [5.41, 5.74) is 0.356. The molecular formula is C9H8ClNO3. The molecule has 0 bridgehead atoms. The summed E-state index contributed by atoms with van der Waals surface area (Å²) in [6.45, 7) is -0.00856. The molecule has 0 unspecified atom stereocenters. The summed E-state index contributed by atoms with van der Waals surface area (Å²) >= 11 is 5.79. The van der Waals surface area contributed by atoms with Crippen molar-refractivity contribution < 1.29 is 14.6 Å². The third kappa shape index (κ3) is 2.05. The Kier molecular flexibility index (Phi) is 3.51. The van der Waals surface area contributed by atoms with Gasteiger partial charge in [0.15, 0.2) is 11.5 Å². The van der Waals surface area contributed by atoms with Gasteiger partial charge in [-0.15, -0.1) is 0 Å². The normalized spacial score (nSPS) is 9.29. The van der Waals surface area contributed by atoms with Crippen molar-refractivity contribution in [1.82, 2.24) is 0 Å². The van der Waals surface area contributed by atoms with E-state index < -0.39 is 0 Å². The number of methoxy groups -OCH3 is 1. The number of nitrogens with zero attached hydrogens (tertiary/aromatic N) is 1. The number of phenolic OH excluding ortho intramolecular Hbond substituents is 1. The van der Waals surface area contributed by atoms with E-state index in [0.717, 1.165) is 0 Å². The summed E-state index contributed by atoms with van der Waals surface area (Å²) in [5.74, 6) is 0.199. The summed E-state index contributed by atoms with van der Waals surface area (Å²) < 4.78 is 4.87. The smallest absolute Gasteiger partial charge is 0.235 e. The molecule has 0 spiro atoms. The predicted octanol–water partition coefficient (Wildman–Crippen LogP) is 1.89. The number of benzene rings is 1. The maximum Gasteiger partial charge on any atom is 0.235 e. The van der Waals surface area contributed by atoms with Gasteiger partial charge in [0.1, 0.15) is 0 Å². The highest BCUT2D eigenvalue weighted by Gasteiger charge is 2.11. The number of aromatic hydroxyl groups is 1. The molecule has 0 fully saturated rings. The minimum atomic E-state index is -0.0981. The SMILES string of the molecule is COc1ccc(Cl)c(CN=C=O)c1O. The maximum absolute atomic E-state index is 9.91. The molecule has 4 nitrogen and oxygen atoms in total. The summed E-state index contributed by atoms with van der Waals surface area (Å²) in [6, 6.07) is 3.10. The van der Waals surface area contributed by atoms with Crippen molar-refractivity contribution in [2.24, 2.45) is 4.99 Å². The second-order valence-electron chi connectivity index (χ2n) is 2.48. The van der Waals surface area contributed by atoms with Crippen molar-refractivity contribution >= 4 is 17.7 Å². The Morgan fingerprint density at radius 1 is 1.64 bits per heavy atom. The molecule has 14 heavy (non-hydrogen) atoms. The second-order valence-corrected chi connectivity index (χ2v) is 2.89. The lowest BCUT2D eigenvalue weighted by Gasteiger charge is -2.07. The molecule has 0 aliphatic carbocycles. The molecule has 0 saturated heterocycles. The van der Waals surface area contributed by atoms with E-state index in [1.54, 1.807) is 6.07 Å². The third-order valence-corrected chi connectivity index (χ3v) is 2.06. The van der Waals surface area contributed by atoms with Crippen LogP contribution in [0.15, 0.2) is 17.1 Å². The lowest BCUT2D eigenvalue weighted by atomic mass is 10.2. The number of hydrogen-bond donors (Lipinski definition) is 1. The van der Waals surface area contributed by atoms with Crippen LogP contribution in [0.1, 0.15) is 5.56 Å². The average Bonchev–Trinajstić information content (AvgIpc) is 2.18. The molecule has 0 saturated carbocycles. The quantitative estimate of drug-likeness (QED) is 0.616. The molecule has 0 aliphatic rings. The van der Waals surface area contributed by atoms with Crippen LogP contribution in [0.4, 0.5) is 0 Å². The highest BCUT2D eigenvalue weighted by atomic mass is 35.5. The number of aliphatic imine (C=N–C) groups is 1. The van der Waals surface area contributed by atoms with Gasteiger partial charge in [-0.2, -0.15) is 0 Å². The maximum atomic E-state index is 9.91. The van der Waals surface area contributed by atoms with Crippen molar-refractivity contribution in [3.63, 3.8) is 0 Å². The number of carbonyl (C=O) groups excluding carboxylic acids is 1. The zero-order valence-corrected chi connectivity index (χ0v) is 8.21. The minimum Gasteiger partial charge on any atom is -0.504 e. The van der Waals surface area contributed by atoms with E-state index in [9.17, 15) is 9.90 Å². The Balaban J connectivity index is 3.17. The molecule has 74 valence electrons. The van der Waals surface area contributed by atoms with Gasteiger partial charge < -0.3 is 9.84 Å². The zero-order chi connectivity index (χ0) is 10.6. The van der Waals surface area contributed by atoms with Gasteiger partial charge in [-0.25, -0.2) is 9.79 Å². The fourth-order valence-corrected chi connectivity index (χ4v) is 1.23. The molecule has 0 atom stereocenters. The van der Waals surface area contributed by atoms with Gasteiger partial charge in [0, 0.05) is 10.6 Å². The predicted molar refractivity (Wildman–Crippen MR) is 51.5 cm³/mol. The van der Waals surface area contributed by atoms with Gasteiger partial charge in [-0.05, 0) is 12.1 Å². The first-order valence-corrected chi connectivity index (χ1v) is 4.16. The molecule has 0 heterocycles. The van der Waals surface area contributed by atoms with Crippen LogP contribution in [0.3, 0.4) is 0 Å². The molecule has 0 aromatic heterocycles. The molecular weight excluding hydrogens is 206 g/mol. The van der Waals surface area contributed by atoms with Gasteiger partial charge in [0.2, 0.25) is 6.08 Å². The van der Waals surface area contributed by atoms with Crippen molar-refractivity contribution in [3.05, 3.63) is 22.7 Å². The number of ether oxygens (including phenoxy) is 1. The Hall–Kier alpha value is -1.51. The van der Waals surface area contributed by atoms with Crippen molar-refractivity contribution in [2.45, 2.75) is 6.54 Å². The molecule has 1 aromatic carbocycles. The van der Waals surface area contributed by atoms with Crippen LogP contribution < -0.4 is 4.74 Å². The molecule has 0 aliphatic heterocycles. The number of hydrogen-bond acceptors (Lipinski definition) is 4. The van der Waals surface area contributed by atoms with E-state index >= 15 is 0 Å². The molecule has 1 rings (SSSR count). The lowest BCUT2D eigenvalue weighted by Crippen LogP contribution is -1.90. The van der Waals surface area contributed by atoms with Crippen LogP contribution in [0, 0.1) is 0 Å².